The Balaban J connectivity index is 1.47. The Morgan fingerprint density at radius 2 is 1.77 bits per heavy atom. The van der Waals surface area contributed by atoms with E-state index < -0.39 is 17.7 Å². The van der Waals surface area contributed by atoms with Crippen molar-refractivity contribution in [3.05, 3.63) is 47.9 Å². The molecule has 4 rings (SSSR count). The molecule has 1 atom stereocenters. The van der Waals surface area contributed by atoms with E-state index >= 15 is 0 Å². The first kappa shape index (κ1) is 20.8. The first-order valence-corrected chi connectivity index (χ1v) is 10.6. The third kappa shape index (κ3) is 4.65. The molecule has 0 unspecified atom stereocenters. The minimum atomic E-state index is -0.767. The van der Waals surface area contributed by atoms with Gasteiger partial charge in [0.15, 0.2) is 0 Å². The third-order valence-corrected chi connectivity index (χ3v) is 5.82. The fourth-order valence-corrected chi connectivity index (χ4v) is 4.21. The fraction of sp³-hybridized carbons (Fsp3) is 0.409. The summed E-state index contributed by atoms with van der Waals surface area (Å²) in [5.74, 6) is -1.08. The summed E-state index contributed by atoms with van der Waals surface area (Å²) in [6.45, 7) is 2.54. The fourth-order valence-electron chi connectivity index (χ4n) is 4.21. The highest BCUT2D eigenvalue weighted by atomic mass is 16.2. The molecule has 3 amide bonds. The predicted molar refractivity (Wildman–Crippen MR) is 115 cm³/mol. The number of likely N-dealkylation sites (tertiary alicyclic amines) is 1. The number of rotatable bonds is 4. The zero-order valence-corrected chi connectivity index (χ0v) is 17.3. The maximum atomic E-state index is 13.0. The molecule has 2 aromatic heterocycles. The quantitative estimate of drug-likeness (QED) is 0.726. The highest BCUT2D eigenvalue weighted by molar-refractivity contribution is 6.39. The number of nitrogens with one attached hydrogen (secondary N) is 1. The molecule has 0 radical (unpaired) electrons. The van der Waals surface area contributed by atoms with Crippen LogP contribution in [0, 0.1) is 0 Å². The van der Waals surface area contributed by atoms with E-state index in [0.29, 0.717) is 6.54 Å². The summed E-state index contributed by atoms with van der Waals surface area (Å²) in [5.41, 5.74) is 6.59. The van der Waals surface area contributed by atoms with Gasteiger partial charge >= 0.3 is 11.8 Å². The van der Waals surface area contributed by atoms with Crippen LogP contribution in [0.1, 0.15) is 54.1 Å². The number of hydrogen-bond acceptors (Lipinski definition) is 6. The van der Waals surface area contributed by atoms with E-state index in [1.807, 2.05) is 18.3 Å². The predicted octanol–water partition coefficient (Wildman–Crippen LogP) is 1.87. The first-order valence-electron chi connectivity index (χ1n) is 10.6. The number of hydrogen-bond donors (Lipinski definition) is 2. The smallest absolute Gasteiger partial charge is 0.313 e. The molecule has 0 bridgehead atoms. The minimum absolute atomic E-state index is 0.158. The Labute approximate surface area is 180 Å². The summed E-state index contributed by atoms with van der Waals surface area (Å²) in [6, 6.07) is 5.21. The number of piperidine rings is 1. The second-order valence-electron chi connectivity index (χ2n) is 7.93. The molecule has 9 nitrogen and oxygen atoms in total. The number of carbonyl (C=O) groups is 3. The molecule has 2 aliphatic heterocycles. The molecular weight excluding hydrogens is 396 g/mol. The molecule has 0 spiro atoms. The number of nitrogens with zero attached hydrogens (tertiary/aromatic N) is 4. The molecule has 2 fully saturated rings. The van der Waals surface area contributed by atoms with Crippen molar-refractivity contribution in [1.82, 2.24) is 14.9 Å². The van der Waals surface area contributed by atoms with E-state index in [0.717, 1.165) is 43.7 Å². The van der Waals surface area contributed by atoms with Crippen molar-refractivity contribution in [2.24, 2.45) is 5.73 Å². The van der Waals surface area contributed by atoms with Crippen LogP contribution in [0.15, 0.2) is 36.8 Å². The van der Waals surface area contributed by atoms with Crippen LogP contribution in [-0.4, -0.2) is 52.2 Å². The van der Waals surface area contributed by atoms with Gasteiger partial charge in [0.25, 0.3) is 0 Å². The van der Waals surface area contributed by atoms with Crippen LogP contribution in [-0.2, 0) is 9.59 Å². The van der Waals surface area contributed by atoms with Crippen LogP contribution in [0.25, 0.3) is 0 Å². The average Bonchev–Trinajstić information content (AvgIpc) is 3.34. The summed E-state index contributed by atoms with van der Waals surface area (Å²) in [5, 5.41) is 2.53. The summed E-state index contributed by atoms with van der Waals surface area (Å²) in [4.78, 5) is 49.2. The Hall–Kier alpha value is -3.49. The topological polar surface area (TPSA) is 122 Å². The van der Waals surface area contributed by atoms with Crippen LogP contribution in [0.4, 0.5) is 11.5 Å². The van der Waals surface area contributed by atoms with Gasteiger partial charge in [-0.3, -0.25) is 19.4 Å². The highest BCUT2D eigenvalue weighted by Crippen LogP contribution is 2.31. The van der Waals surface area contributed by atoms with Crippen LogP contribution >= 0.6 is 0 Å². The lowest BCUT2D eigenvalue weighted by Crippen LogP contribution is -2.44. The molecule has 2 aliphatic rings. The summed E-state index contributed by atoms with van der Waals surface area (Å²) >= 11 is 0. The number of anilines is 2. The van der Waals surface area contributed by atoms with Gasteiger partial charge in [-0.2, -0.15) is 0 Å². The molecule has 2 saturated heterocycles. The number of primary amides is 1. The molecular formula is C22H26N6O3. The van der Waals surface area contributed by atoms with Gasteiger partial charge in [0, 0.05) is 32.0 Å². The Kier molecular flexibility index (Phi) is 6.11. The van der Waals surface area contributed by atoms with Crippen molar-refractivity contribution < 1.29 is 14.4 Å². The van der Waals surface area contributed by atoms with Crippen molar-refractivity contribution in [3.63, 3.8) is 0 Å². The first-order chi connectivity index (χ1) is 15.0. The molecule has 4 heterocycles. The lowest BCUT2D eigenvalue weighted by atomic mass is 9.96. The van der Waals surface area contributed by atoms with Gasteiger partial charge in [-0.1, -0.05) is 6.07 Å². The molecule has 9 heteroatoms. The molecule has 3 N–H and O–H groups in total. The van der Waals surface area contributed by atoms with Crippen molar-refractivity contribution >= 4 is 29.2 Å². The van der Waals surface area contributed by atoms with E-state index in [4.69, 9.17) is 5.73 Å². The van der Waals surface area contributed by atoms with E-state index in [2.05, 4.69) is 20.2 Å². The number of amides is 3. The van der Waals surface area contributed by atoms with E-state index in [9.17, 15) is 14.4 Å². The van der Waals surface area contributed by atoms with Gasteiger partial charge < -0.3 is 20.9 Å². The summed E-state index contributed by atoms with van der Waals surface area (Å²) in [7, 11) is 0. The largest absolute Gasteiger partial charge is 0.366 e. The molecule has 0 aliphatic carbocycles. The van der Waals surface area contributed by atoms with Crippen molar-refractivity contribution in [2.45, 2.75) is 38.1 Å². The van der Waals surface area contributed by atoms with Crippen molar-refractivity contribution in [2.75, 3.05) is 29.9 Å². The summed E-state index contributed by atoms with van der Waals surface area (Å²) < 4.78 is 0. The summed E-state index contributed by atoms with van der Waals surface area (Å²) in [6.07, 6.45) is 9.46. The molecule has 0 saturated carbocycles. The molecule has 0 aromatic carbocycles. The highest BCUT2D eigenvalue weighted by Gasteiger charge is 2.32. The second-order valence-corrected chi connectivity index (χ2v) is 7.93. The van der Waals surface area contributed by atoms with Gasteiger partial charge in [-0.15, -0.1) is 0 Å². The van der Waals surface area contributed by atoms with Crippen LogP contribution in [0.3, 0.4) is 0 Å². The lowest BCUT2D eigenvalue weighted by molar-refractivity contribution is -0.145. The number of nitrogens with two attached hydrogens (primary N) is 1. The van der Waals surface area contributed by atoms with Crippen LogP contribution in [0.2, 0.25) is 0 Å². The van der Waals surface area contributed by atoms with E-state index in [1.54, 1.807) is 4.90 Å². The zero-order valence-electron chi connectivity index (χ0n) is 17.3. The zero-order chi connectivity index (χ0) is 21.8. The molecule has 31 heavy (non-hydrogen) atoms. The molecule has 162 valence electrons. The van der Waals surface area contributed by atoms with E-state index in [-0.39, 0.29) is 17.3 Å². The standard InChI is InChI=1S/C22H26N6O3/c23-20(29)16-11-17(14-24-12-16)26-21(30)22(31)28-10-2-1-5-18(28)15-6-7-19(25-13-15)27-8-3-4-9-27/h6-7,11-14,18H,1-5,8-10H2,(H2,23,29)(H,26,30)/t18-/m0/s1. The van der Waals surface area contributed by atoms with Crippen LogP contribution in [0.5, 0.6) is 0 Å². The van der Waals surface area contributed by atoms with Gasteiger partial charge in [0.2, 0.25) is 5.91 Å². The minimum Gasteiger partial charge on any atom is -0.366 e. The average molecular weight is 422 g/mol. The molecule has 2 aromatic rings. The van der Waals surface area contributed by atoms with Gasteiger partial charge in [0.05, 0.1) is 23.5 Å². The van der Waals surface area contributed by atoms with Gasteiger partial charge in [0.1, 0.15) is 5.82 Å². The van der Waals surface area contributed by atoms with E-state index in [1.165, 1.54) is 31.3 Å². The Morgan fingerprint density at radius 1 is 1.00 bits per heavy atom. The van der Waals surface area contributed by atoms with Crippen molar-refractivity contribution in [3.8, 4) is 0 Å². The second kappa shape index (κ2) is 9.11. The Morgan fingerprint density at radius 3 is 2.48 bits per heavy atom. The normalized spacial score (nSPS) is 18.6. The lowest BCUT2D eigenvalue weighted by Gasteiger charge is -2.35. The Bertz CT molecular complexity index is 971. The monoisotopic (exact) mass is 422 g/mol. The maximum absolute atomic E-state index is 13.0. The SMILES string of the molecule is NC(=O)c1cncc(NC(=O)C(=O)N2CCCC[C@H]2c2ccc(N3CCCC3)nc2)c1. The van der Waals surface area contributed by atoms with Crippen LogP contribution < -0.4 is 16.0 Å². The maximum Gasteiger partial charge on any atom is 0.313 e. The van der Waals surface area contributed by atoms with Gasteiger partial charge in [-0.05, 0) is 49.8 Å². The number of aromatic nitrogens is 2. The van der Waals surface area contributed by atoms with Crippen molar-refractivity contribution in [1.29, 1.82) is 0 Å². The third-order valence-electron chi connectivity index (χ3n) is 5.82. The number of pyridine rings is 2. The van der Waals surface area contributed by atoms with Gasteiger partial charge in [-0.25, -0.2) is 4.98 Å². The number of carbonyl (C=O) groups excluding carboxylic acids is 3.